The number of carbonyl (C=O) groups is 2. The van der Waals surface area contributed by atoms with Gasteiger partial charge in [0, 0.05) is 19.5 Å². The Labute approximate surface area is 212 Å². The van der Waals surface area contributed by atoms with Crippen molar-refractivity contribution >= 4 is 11.8 Å². The molecule has 0 saturated heterocycles. The minimum atomic E-state index is -0.775. The standard InChI is InChI=1S/C29H33FN2O4/c1-21(2)18-31-29(34)27(17-22-7-5-4-6-8-22)32(19-23-9-11-24(30)12-10-23)28(33)20-36-26-15-13-25(35-3)14-16-26/h4-16,21,27H,17-20H2,1-3H3,(H,31,34)/t27-/m1/s1. The molecular formula is C29H33FN2O4. The van der Waals surface area contributed by atoms with E-state index in [1.54, 1.807) is 43.5 Å². The minimum Gasteiger partial charge on any atom is -0.497 e. The van der Waals surface area contributed by atoms with Gasteiger partial charge in [-0.15, -0.1) is 0 Å². The third-order valence-electron chi connectivity index (χ3n) is 5.64. The summed E-state index contributed by atoms with van der Waals surface area (Å²) in [6, 6.07) is 21.6. The summed E-state index contributed by atoms with van der Waals surface area (Å²) in [5.74, 6) is 0.482. The number of benzene rings is 3. The third kappa shape index (κ3) is 8.12. The van der Waals surface area contributed by atoms with Crippen LogP contribution in [0.2, 0.25) is 0 Å². The maximum atomic E-state index is 13.5. The Morgan fingerprint density at radius 1 is 0.889 bits per heavy atom. The van der Waals surface area contributed by atoms with Crippen molar-refractivity contribution in [3.63, 3.8) is 0 Å². The van der Waals surface area contributed by atoms with Crippen LogP contribution in [0.1, 0.15) is 25.0 Å². The fraction of sp³-hybridized carbons (Fsp3) is 0.310. The Morgan fingerprint density at radius 3 is 2.14 bits per heavy atom. The summed E-state index contributed by atoms with van der Waals surface area (Å²) in [5.41, 5.74) is 1.64. The number of hydrogen-bond acceptors (Lipinski definition) is 4. The first-order valence-electron chi connectivity index (χ1n) is 12.0. The van der Waals surface area contributed by atoms with Crippen molar-refractivity contribution in [1.82, 2.24) is 10.2 Å². The summed E-state index contributed by atoms with van der Waals surface area (Å²) in [4.78, 5) is 28.4. The molecule has 0 radical (unpaired) electrons. The second-order valence-corrected chi connectivity index (χ2v) is 8.96. The molecule has 6 nitrogen and oxygen atoms in total. The van der Waals surface area contributed by atoms with Gasteiger partial charge < -0.3 is 19.7 Å². The average Bonchev–Trinajstić information content (AvgIpc) is 2.89. The average molecular weight is 493 g/mol. The molecule has 36 heavy (non-hydrogen) atoms. The maximum Gasteiger partial charge on any atom is 0.261 e. The smallest absolute Gasteiger partial charge is 0.261 e. The van der Waals surface area contributed by atoms with Crippen LogP contribution in [0.4, 0.5) is 4.39 Å². The van der Waals surface area contributed by atoms with Crippen LogP contribution in [0.25, 0.3) is 0 Å². The fourth-order valence-electron chi connectivity index (χ4n) is 3.66. The van der Waals surface area contributed by atoms with Crippen molar-refractivity contribution in [1.29, 1.82) is 0 Å². The van der Waals surface area contributed by atoms with Crippen LogP contribution < -0.4 is 14.8 Å². The van der Waals surface area contributed by atoms with E-state index in [1.807, 2.05) is 44.2 Å². The molecule has 0 aliphatic carbocycles. The van der Waals surface area contributed by atoms with Crippen LogP contribution in [0.15, 0.2) is 78.9 Å². The molecular weight excluding hydrogens is 459 g/mol. The normalized spacial score (nSPS) is 11.6. The molecule has 2 amide bonds. The van der Waals surface area contributed by atoms with E-state index in [0.717, 1.165) is 5.56 Å². The number of ether oxygens (including phenoxy) is 2. The van der Waals surface area contributed by atoms with Crippen molar-refractivity contribution in [3.05, 3.63) is 95.8 Å². The summed E-state index contributed by atoms with van der Waals surface area (Å²) >= 11 is 0. The molecule has 3 aromatic rings. The van der Waals surface area contributed by atoms with Gasteiger partial charge in [-0.1, -0.05) is 56.3 Å². The fourth-order valence-corrected chi connectivity index (χ4v) is 3.66. The van der Waals surface area contributed by atoms with Crippen LogP contribution in [0, 0.1) is 11.7 Å². The molecule has 0 aromatic heterocycles. The molecule has 0 saturated carbocycles. The number of methoxy groups -OCH3 is 1. The van der Waals surface area contributed by atoms with Crippen molar-refractivity contribution in [3.8, 4) is 11.5 Å². The summed E-state index contributed by atoms with van der Waals surface area (Å²) < 4.78 is 24.4. The summed E-state index contributed by atoms with van der Waals surface area (Å²) in [6.45, 7) is 4.40. The quantitative estimate of drug-likeness (QED) is 0.401. The monoisotopic (exact) mass is 492 g/mol. The van der Waals surface area contributed by atoms with Crippen molar-refractivity contribution in [2.75, 3.05) is 20.3 Å². The second-order valence-electron chi connectivity index (χ2n) is 8.96. The number of halogens is 1. The number of rotatable bonds is 12. The third-order valence-corrected chi connectivity index (χ3v) is 5.64. The van der Waals surface area contributed by atoms with Gasteiger partial charge in [-0.05, 0) is 53.4 Å². The molecule has 190 valence electrons. The van der Waals surface area contributed by atoms with E-state index in [0.29, 0.717) is 30.0 Å². The zero-order valence-electron chi connectivity index (χ0n) is 20.9. The molecule has 1 atom stereocenters. The molecule has 7 heteroatoms. The van der Waals surface area contributed by atoms with E-state index in [9.17, 15) is 14.0 Å². The molecule has 0 spiro atoms. The molecule has 0 fully saturated rings. The van der Waals surface area contributed by atoms with E-state index in [1.165, 1.54) is 17.0 Å². The SMILES string of the molecule is COc1ccc(OCC(=O)N(Cc2ccc(F)cc2)[C@H](Cc2ccccc2)C(=O)NCC(C)C)cc1. The topological polar surface area (TPSA) is 67.9 Å². The van der Waals surface area contributed by atoms with E-state index < -0.39 is 6.04 Å². The van der Waals surface area contributed by atoms with Gasteiger partial charge in [-0.25, -0.2) is 4.39 Å². The lowest BCUT2D eigenvalue weighted by Gasteiger charge is -2.31. The highest BCUT2D eigenvalue weighted by molar-refractivity contribution is 5.88. The second kappa shape index (κ2) is 13.3. The van der Waals surface area contributed by atoms with Gasteiger partial charge in [0.05, 0.1) is 7.11 Å². The Morgan fingerprint density at radius 2 is 1.53 bits per heavy atom. The lowest BCUT2D eigenvalue weighted by atomic mass is 10.0. The van der Waals surface area contributed by atoms with Crippen molar-refractivity contribution in [2.24, 2.45) is 5.92 Å². The van der Waals surface area contributed by atoms with E-state index in [-0.39, 0.29) is 36.7 Å². The number of amides is 2. The van der Waals surface area contributed by atoms with Gasteiger partial charge >= 0.3 is 0 Å². The van der Waals surface area contributed by atoms with Gasteiger partial charge in [-0.2, -0.15) is 0 Å². The van der Waals surface area contributed by atoms with E-state index in [4.69, 9.17) is 9.47 Å². The Kier molecular flexibility index (Phi) is 9.86. The van der Waals surface area contributed by atoms with Crippen molar-refractivity contribution in [2.45, 2.75) is 32.9 Å². The first kappa shape index (κ1) is 26.7. The first-order valence-corrected chi connectivity index (χ1v) is 12.0. The first-order chi connectivity index (χ1) is 17.4. The Hall–Kier alpha value is -3.87. The number of hydrogen-bond donors (Lipinski definition) is 1. The Bertz CT molecular complexity index is 1100. The van der Waals surface area contributed by atoms with Crippen LogP contribution in [-0.2, 0) is 22.6 Å². The summed E-state index contributed by atoms with van der Waals surface area (Å²) in [5, 5.41) is 2.97. The van der Waals surface area contributed by atoms with Gasteiger partial charge in [0.15, 0.2) is 6.61 Å². The molecule has 3 aromatic carbocycles. The zero-order chi connectivity index (χ0) is 25.9. The van der Waals surface area contributed by atoms with Crippen LogP contribution in [0.3, 0.4) is 0 Å². The summed E-state index contributed by atoms with van der Waals surface area (Å²) in [6.07, 6.45) is 0.334. The number of nitrogens with one attached hydrogen (secondary N) is 1. The molecule has 1 N–H and O–H groups in total. The largest absolute Gasteiger partial charge is 0.497 e. The van der Waals surface area contributed by atoms with Gasteiger partial charge in [-0.3, -0.25) is 9.59 Å². The highest BCUT2D eigenvalue weighted by atomic mass is 19.1. The van der Waals surface area contributed by atoms with Crippen LogP contribution >= 0.6 is 0 Å². The molecule has 0 unspecified atom stereocenters. The van der Waals surface area contributed by atoms with Crippen LogP contribution in [-0.4, -0.2) is 43.0 Å². The highest BCUT2D eigenvalue weighted by Gasteiger charge is 2.30. The number of nitrogens with zero attached hydrogens (tertiary/aromatic N) is 1. The molecule has 0 heterocycles. The van der Waals surface area contributed by atoms with Gasteiger partial charge in [0.25, 0.3) is 5.91 Å². The minimum absolute atomic E-state index is 0.137. The predicted molar refractivity (Wildman–Crippen MR) is 137 cm³/mol. The van der Waals surface area contributed by atoms with Gasteiger partial charge in [0.1, 0.15) is 23.4 Å². The summed E-state index contributed by atoms with van der Waals surface area (Å²) in [7, 11) is 1.57. The maximum absolute atomic E-state index is 13.5. The van der Waals surface area contributed by atoms with Crippen LogP contribution in [0.5, 0.6) is 11.5 Å². The number of carbonyl (C=O) groups excluding carboxylic acids is 2. The van der Waals surface area contributed by atoms with E-state index >= 15 is 0 Å². The molecule has 0 aliphatic heterocycles. The lowest BCUT2D eigenvalue weighted by Crippen LogP contribution is -2.52. The van der Waals surface area contributed by atoms with Gasteiger partial charge in [0.2, 0.25) is 5.91 Å². The molecule has 3 rings (SSSR count). The molecule has 0 bridgehead atoms. The highest BCUT2D eigenvalue weighted by Crippen LogP contribution is 2.19. The van der Waals surface area contributed by atoms with E-state index in [2.05, 4.69) is 5.32 Å². The van der Waals surface area contributed by atoms with Crippen molar-refractivity contribution < 1.29 is 23.5 Å². The zero-order valence-corrected chi connectivity index (χ0v) is 20.9. The predicted octanol–water partition coefficient (Wildman–Crippen LogP) is 4.63. The Balaban J connectivity index is 1.87. The lowest BCUT2D eigenvalue weighted by molar-refractivity contribution is -0.142. The molecule has 0 aliphatic rings.